The van der Waals surface area contributed by atoms with E-state index in [9.17, 15) is 9.59 Å². The molecule has 0 N–H and O–H groups in total. The Kier molecular flexibility index (Phi) is 9.64. The van der Waals surface area contributed by atoms with Crippen molar-refractivity contribution in [3.63, 3.8) is 0 Å². The van der Waals surface area contributed by atoms with Crippen LogP contribution in [0.5, 0.6) is 5.75 Å². The van der Waals surface area contributed by atoms with E-state index in [1.165, 1.54) is 5.56 Å². The summed E-state index contributed by atoms with van der Waals surface area (Å²) in [6.45, 7) is 1.42. The number of methoxy groups -OCH3 is 1. The summed E-state index contributed by atoms with van der Waals surface area (Å²) in [5.74, 6) is 0.428. The maximum atomic E-state index is 14.5. The third-order valence-electron chi connectivity index (χ3n) is 8.44. The Hall–Kier alpha value is -5.49. The molecule has 0 saturated heterocycles. The van der Waals surface area contributed by atoms with Gasteiger partial charge in [-0.15, -0.1) is 0 Å². The molecule has 0 radical (unpaired) electrons. The first-order valence-corrected chi connectivity index (χ1v) is 15.6. The summed E-state index contributed by atoms with van der Waals surface area (Å²) in [4.78, 5) is 36.8. The Labute approximate surface area is 270 Å². The van der Waals surface area contributed by atoms with E-state index in [-0.39, 0.29) is 18.4 Å². The molecular weight excluding hydrogens is 570 g/mol. The highest BCUT2D eigenvalue weighted by atomic mass is 16.5. The van der Waals surface area contributed by atoms with E-state index in [4.69, 9.17) is 4.74 Å². The maximum absolute atomic E-state index is 14.5. The zero-order chi connectivity index (χ0) is 31.7. The highest BCUT2D eigenvalue weighted by Crippen LogP contribution is 2.24. The van der Waals surface area contributed by atoms with E-state index in [1.54, 1.807) is 30.4 Å². The normalized spacial score (nSPS) is 13.2. The van der Waals surface area contributed by atoms with Crippen LogP contribution in [0.2, 0.25) is 0 Å². The van der Waals surface area contributed by atoms with Crippen LogP contribution < -0.4 is 4.74 Å². The standard InChI is InChI=1S/C40H37N3O3/c1-46-36-15-9-12-31(26-36)19-22-39(44)43(28-32-17-20-34(21-18-32)37-16-7-8-24-41-37)38(27-30-10-3-2-4-11-30)40(45)42-25-23-33-13-5-6-14-35(33)29-42/h2-22,24,26,38H,23,25,27-29H2,1H3/b22-19+/t38-/m0/s1. The Balaban J connectivity index is 1.34. The summed E-state index contributed by atoms with van der Waals surface area (Å²) in [5, 5.41) is 0. The highest BCUT2D eigenvalue weighted by Gasteiger charge is 2.34. The lowest BCUT2D eigenvalue weighted by atomic mass is 9.97. The fourth-order valence-electron chi connectivity index (χ4n) is 5.92. The van der Waals surface area contributed by atoms with E-state index in [1.807, 2.05) is 114 Å². The van der Waals surface area contributed by atoms with E-state index in [0.717, 1.165) is 39.9 Å². The summed E-state index contributed by atoms with van der Waals surface area (Å²) in [6, 6.07) is 38.9. The lowest BCUT2D eigenvalue weighted by Gasteiger charge is -2.37. The van der Waals surface area contributed by atoms with Crippen molar-refractivity contribution in [3.8, 4) is 17.0 Å². The topological polar surface area (TPSA) is 62.7 Å². The lowest BCUT2D eigenvalue weighted by Crippen LogP contribution is -2.52. The molecule has 230 valence electrons. The number of rotatable bonds is 10. The molecule has 0 bridgehead atoms. The van der Waals surface area contributed by atoms with Crippen LogP contribution in [-0.4, -0.2) is 46.3 Å². The van der Waals surface area contributed by atoms with Gasteiger partial charge in [0.15, 0.2) is 0 Å². The van der Waals surface area contributed by atoms with Gasteiger partial charge in [0.2, 0.25) is 11.8 Å². The number of nitrogens with zero attached hydrogens (tertiary/aromatic N) is 3. The SMILES string of the molecule is COc1cccc(/C=C/C(=O)N(Cc2ccc(-c3ccccn3)cc2)[C@@H](Cc2ccccc2)C(=O)N2CCc3ccccc3C2)c1. The van der Waals surface area contributed by atoms with Gasteiger partial charge in [0.1, 0.15) is 11.8 Å². The molecule has 6 nitrogen and oxygen atoms in total. The molecule has 1 aliphatic rings. The van der Waals surface area contributed by atoms with Crippen molar-refractivity contribution in [3.05, 3.63) is 161 Å². The smallest absolute Gasteiger partial charge is 0.247 e. The number of hydrogen-bond donors (Lipinski definition) is 0. The molecule has 0 fully saturated rings. The van der Waals surface area contributed by atoms with Gasteiger partial charge in [-0.3, -0.25) is 14.6 Å². The fourth-order valence-corrected chi connectivity index (χ4v) is 5.92. The second-order valence-corrected chi connectivity index (χ2v) is 11.5. The monoisotopic (exact) mass is 607 g/mol. The van der Waals surface area contributed by atoms with E-state index in [0.29, 0.717) is 25.3 Å². The molecule has 6 rings (SSSR count). The molecule has 46 heavy (non-hydrogen) atoms. The third kappa shape index (κ3) is 7.41. The molecule has 2 heterocycles. The number of hydrogen-bond acceptors (Lipinski definition) is 4. The van der Waals surface area contributed by atoms with Crippen molar-refractivity contribution in [1.82, 2.24) is 14.8 Å². The molecule has 1 aromatic heterocycles. The molecule has 1 aliphatic heterocycles. The number of ether oxygens (including phenoxy) is 1. The summed E-state index contributed by atoms with van der Waals surface area (Å²) in [6.07, 6.45) is 6.31. The predicted molar refractivity (Wildman–Crippen MR) is 182 cm³/mol. The Morgan fingerprint density at radius 1 is 0.848 bits per heavy atom. The largest absolute Gasteiger partial charge is 0.497 e. The Morgan fingerprint density at radius 3 is 2.37 bits per heavy atom. The molecule has 0 spiro atoms. The molecule has 1 atom stereocenters. The summed E-state index contributed by atoms with van der Waals surface area (Å²) < 4.78 is 5.37. The first-order chi connectivity index (χ1) is 22.6. The van der Waals surface area contributed by atoms with Crippen LogP contribution in [0.15, 0.2) is 134 Å². The second-order valence-electron chi connectivity index (χ2n) is 11.5. The van der Waals surface area contributed by atoms with Gasteiger partial charge in [0, 0.05) is 43.9 Å². The number of benzene rings is 4. The maximum Gasteiger partial charge on any atom is 0.247 e. The van der Waals surface area contributed by atoms with Gasteiger partial charge in [-0.25, -0.2) is 0 Å². The second kappa shape index (κ2) is 14.5. The minimum Gasteiger partial charge on any atom is -0.497 e. The zero-order valence-electron chi connectivity index (χ0n) is 26.0. The molecule has 0 saturated carbocycles. The fraction of sp³-hybridized carbons (Fsp3) is 0.175. The first-order valence-electron chi connectivity index (χ1n) is 15.6. The van der Waals surface area contributed by atoms with Gasteiger partial charge in [-0.05, 0) is 64.6 Å². The minimum absolute atomic E-state index is 0.0495. The molecule has 0 aliphatic carbocycles. The summed E-state index contributed by atoms with van der Waals surface area (Å²) >= 11 is 0. The molecular formula is C40H37N3O3. The first kappa shape index (κ1) is 30.5. The van der Waals surface area contributed by atoms with Crippen LogP contribution in [-0.2, 0) is 35.5 Å². The zero-order valence-corrected chi connectivity index (χ0v) is 26.0. The highest BCUT2D eigenvalue weighted by molar-refractivity contribution is 5.96. The van der Waals surface area contributed by atoms with Crippen molar-refractivity contribution in [1.29, 1.82) is 0 Å². The number of amides is 2. The molecule has 0 unspecified atom stereocenters. The molecule has 4 aromatic carbocycles. The Morgan fingerprint density at radius 2 is 1.61 bits per heavy atom. The third-order valence-corrected chi connectivity index (χ3v) is 8.44. The van der Waals surface area contributed by atoms with Gasteiger partial charge in [-0.2, -0.15) is 0 Å². The summed E-state index contributed by atoms with van der Waals surface area (Å²) in [7, 11) is 1.62. The number of carbonyl (C=O) groups excluding carboxylic acids is 2. The molecule has 6 heteroatoms. The number of pyridine rings is 1. The van der Waals surface area contributed by atoms with Gasteiger partial charge >= 0.3 is 0 Å². The van der Waals surface area contributed by atoms with Crippen molar-refractivity contribution in [2.45, 2.75) is 32.0 Å². The van der Waals surface area contributed by atoms with Crippen molar-refractivity contribution in [2.75, 3.05) is 13.7 Å². The van der Waals surface area contributed by atoms with Crippen molar-refractivity contribution >= 4 is 17.9 Å². The number of carbonyl (C=O) groups is 2. The van der Waals surface area contributed by atoms with E-state index >= 15 is 0 Å². The summed E-state index contributed by atoms with van der Waals surface area (Å²) in [5.41, 5.74) is 7.06. The van der Waals surface area contributed by atoms with Crippen LogP contribution in [0.1, 0.15) is 27.8 Å². The number of aromatic nitrogens is 1. The molecule has 5 aromatic rings. The van der Waals surface area contributed by atoms with Crippen molar-refractivity contribution < 1.29 is 14.3 Å². The van der Waals surface area contributed by atoms with Crippen LogP contribution in [0.3, 0.4) is 0 Å². The van der Waals surface area contributed by atoms with Crippen molar-refractivity contribution in [2.24, 2.45) is 0 Å². The van der Waals surface area contributed by atoms with Crippen LogP contribution in [0, 0.1) is 0 Å². The van der Waals surface area contributed by atoms with Crippen LogP contribution in [0.4, 0.5) is 0 Å². The van der Waals surface area contributed by atoms with Gasteiger partial charge in [0.05, 0.1) is 12.8 Å². The van der Waals surface area contributed by atoms with Gasteiger partial charge in [0.25, 0.3) is 0 Å². The van der Waals surface area contributed by atoms with Gasteiger partial charge in [-0.1, -0.05) is 97.1 Å². The van der Waals surface area contributed by atoms with Crippen LogP contribution in [0.25, 0.3) is 17.3 Å². The van der Waals surface area contributed by atoms with Gasteiger partial charge < -0.3 is 14.5 Å². The number of fused-ring (bicyclic) bond motifs is 1. The average molecular weight is 608 g/mol. The lowest BCUT2D eigenvalue weighted by molar-refractivity contribution is -0.144. The average Bonchev–Trinajstić information content (AvgIpc) is 3.12. The minimum atomic E-state index is -0.703. The quantitative estimate of drug-likeness (QED) is 0.161. The predicted octanol–water partition coefficient (Wildman–Crippen LogP) is 7.00. The molecule has 2 amide bonds. The van der Waals surface area contributed by atoms with E-state index in [2.05, 4.69) is 17.1 Å². The Bertz CT molecular complexity index is 1800. The van der Waals surface area contributed by atoms with Crippen LogP contribution >= 0.6 is 0 Å². The van der Waals surface area contributed by atoms with E-state index < -0.39 is 6.04 Å².